The molecule has 2 aromatic heterocycles. The van der Waals surface area contributed by atoms with Gasteiger partial charge in [-0.15, -0.1) is 11.3 Å². The van der Waals surface area contributed by atoms with E-state index < -0.39 is 16.1 Å². The van der Waals surface area contributed by atoms with Crippen molar-refractivity contribution in [3.8, 4) is 0 Å². The summed E-state index contributed by atoms with van der Waals surface area (Å²) in [6.45, 7) is 7.17. The van der Waals surface area contributed by atoms with Crippen molar-refractivity contribution >= 4 is 21.4 Å². The van der Waals surface area contributed by atoms with Gasteiger partial charge in [0.1, 0.15) is 5.82 Å². The highest BCUT2D eigenvalue weighted by Gasteiger charge is 2.23. The zero-order chi connectivity index (χ0) is 14.2. The Bertz CT molecular complexity index is 687. The largest absolute Gasteiger partial charge is 0.263 e. The highest BCUT2D eigenvalue weighted by Crippen LogP contribution is 2.25. The van der Waals surface area contributed by atoms with Crippen molar-refractivity contribution in [3.63, 3.8) is 0 Å². The minimum Gasteiger partial charge on any atom is -0.263 e. The van der Waals surface area contributed by atoms with Crippen LogP contribution in [0.2, 0.25) is 0 Å². The van der Waals surface area contributed by atoms with E-state index in [1.54, 1.807) is 26.8 Å². The lowest BCUT2D eigenvalue weighted by Gasteiger charge is -2.10. The van der Waals surface area contributed by atoms with Gasteiger partial charge in [0.25, 0.3) is 0 Å². The van der Waals surface area contributed by atoms with Gasteiger partial charge >= 0.3 is 0 Å². The summed E-state index contributed by atoms with van der Waals surface area (Å²) in [5, 5.41) is 6.66. The zero-order valence-electron chi connectivity index (χ0n) is 11.2. The van der Waals surface area contributed by atoms with Crippen molar-refractivity contribution in [1.82, 2.24) is 19.9 Å². The van der Waals surface area contributed by atoms with Crippen molar-refractivity contribution in [2.24, 2.45) is 0 Å². The normalized spacial score (nSPS) is 13.7. The second-order valence-corrected chi connectivity index (χ2v) is 7.54. The lowest BCUT2D eigenvalue weighted by molar-refractivity contribution is 0.560. The van der Waals surface area contributed by atoms with Crippen LogP contribution in [0.4, 0.5) is 0 Å². The predicted molar refractivity (Wildman–Crippen MR) is 73.6 cm³/mol. The fourth-order valence-electron chi connectivity index (χ4n) is 1.78. The molecule has 2 N–H and O–H groups in total. The lowest BCUT2D eigenvalue weighted by atomic mass is 10.3. The summed E-state index contributed by atoms with van der Waals surface area (Å²) < 4.78 is 27.2. The molecule has 6 nitrogen and oxygen atoms in total. The van der Waals surface area contributed by atoms with E-state index in [1.807, 2.05) is 6.92 Å². The summed E-state index contributed by atoms with van der Waals surface area (Å²) in [6, 6.07) is 1.20. The molecule has 0 bridgehead atoms. The molecule has 1 atom stereocenters. The van der Waals surface area contributed by atoms with E-state index in [-0.39, 0.29) is 0 Å². The number of nitrogens with zero attached hydrogens (tertiary/aromatic N) is 2. The van der Waals surface area contributed by atoms with Gasteiger partial charge in [-0.05, 0) is 33.8 Å². The van der Waals surface area contributed by atoms with Crippen molar-refractivity contribution in [2.45, 2.75) is 38.6 Å². The van der Waals surface area contributed by atoms with Crippen molar-refractivity contribution in [1.29, 1.82) is 0 Å². The van der Waals surface area contributed by atoms with E-state index >= 15 is 0 Å². The Labute approximate surface area is 116 Å². The number of aryl methyl sites for hydroxylation is 3. The van der Waals surface area contributed by atoms with Crippen LogP contribution in [0.25, 0.3) is 0 Å². The number of aromatic amines is 1. The van der Waals surface area contributed by atoms with Crippen LogP contribution < -0.4 is 4.72 Å². The standard InChI is InChI=1S/C11H16N4O2S2/c1-6-5-10(8(3)18-6)19(16,17)15-7(2)11-12-9(4)13-14-11/h5,7,15H,1-4H3,(H,12,13,14)/t7-/m0/s1. The van der Waals surface area contributed by atoms with Crippen LogP contribution in [0.5, 0.6) is 0 Å². The van der Waals surface area contributed by atoms with Crippen molar-refractivity contribution in [3.05, 3.63) is 27.5 Å². The van der Waals surface area contributed by atoms with Gasteiger partial charge in [0.15, 0.2) is 5.82 Å². The first-order valence-corrected chi connectivity index (χ1v) is 8.08. The molecule has 0 aromatic carbocycles. The monoisotopic (exact) mass is 300 g/mol. The van der Waals surface area contributed by atoms with Crippen LogP contribution in [0.15, 0.2) is 11.0 Å². The molecular weight excluding hydrogens is 284 g/mol. The third-order valence-electron chi connectivity index (χ3n) is 2.62. The summed E-state index contributed by atoms with van der Waals surface area (Å²) in [7, 11) is -3.54. The number of hydrogen-bond donors (Lipinski definition) is 2. The van der Waals surface area contributed by atoms with E-state index in [2.05, 4.69) is 19.9 Å². The molecule has 0 unspecified atom stereocenters. The number of rotatable bonds is 4. The molecule has 2 rings (SSSR count). The summed E-state index contributed by atoms with van der Waals surface area (Å²) in [6.07, 6.45) is 0. The molecule has 19 heavy (non-hydrogen) atoms. The van der Waals surface area contributed by atoms with E-state index in [0.717, 1.165) is 9.75 Å². The molecule has 0 aliphatic rings. The Kier molecular flexibility index (Phi) is 3.75. The molecule has 0 aliphatic carbocycles. The fourth-order valence-corrected chi connectivity index (χ4v) is 4.53. The van der Waals surface area contributed by atoms with Crippen LogP contribution in [0.1, 0.15) is 34.4 Å². The lowest BCUT2D eigenvalue weighted by Crippen LogP contribution is -2.27. The van der Waals surface area contributed by atoms with Gasteiger partial charge in [0.05, 0.1) is 10.9 Å². The maximum Gasteiger partial charge on any atom is 0.242 e. The van der Waals surface area contributed by atoms with Gasteiger partial charge in [-0.2, -0.15) is 5.10 Å². The minimum absolute atomic E-state index is 0.328. The van der Waals surface area contributed by atoms with E-state index in [9.17, 15) is 8.42 Å². The fraction of sp³-hybridized carbons (Fsp3) is 0.455. The van der Waals surface area contributed by atoms with Crippen LogP contribution in [-0.4, -0.2) is 23.6 Å². The highest BCUT2D eigenvalue weighted by atomic mass is 32.2. The molecule has 2 heterocycles. The molecule has 0 aliphatic heterocycles. The first kappa shape index (κ1) is 14.2. The number of sulfonamides is 1. The van der Waals surface area contributed by atoms with Gasteiger partial charge in [-0.25, -0.2) is 18.1 Å². The van der Waals surface area contributed by atoms with Gasteiger partial charge in [0.2, 0.25) is 10.0 Å². The summed E-state index contributed by atoms with van der Waals surface area (Å²) in [5.41, 5.74) is 0. The summed E-state index contributed by atoms with van der Waals surface area (Å²) in [4.78, 5) is 6.21. The number of H-pyrrole nitrogens is 1. The second-order valence-electron chi connectivity index (χ2n) is 4.40. The summed E-state index contributed by atoms with van der Waals surface area (Å²) >= 11 is 1.47. The average molecular weight is 300 g/mol. The number of thiophene rings is 1. The minimum atomic E-state index is -3.54. The molecule has 0 radical (unpaired) electrons. The number of nitrogens with one attached hydrogen (secondary N) is 2. The second kappa shape index (κ2) is 5.03. The zero-order valence-corrected chi connectivity index (χ0v) is 12.8. The van der Waals surface area contributed by atoms with Gasteiger partial charge in [0, 0.05) is 9.75 Å². The molecule has 8 heteroatoms. The first-order chi connectivity index (χ1) is 8.79. The third-order valence-corrected chi connectivity index (χ3v) is 5.38. The van der Waals surface area contributed by atoms with E-state index in [4.69, 9.17) is 0 Å². The first-order valence-electron chi connectivity index (χ1n) is 5.78. The van der Waals surface area contributed by atoms with Gasteiger partial charge in [-0.3, -0.25) is 5.10 Å². The van der Waals surface area contributed by atoms with Gasteiger partial charge in [-0.1, -0.05) is 0 Å². The molecule has 0 saturated heterocycles. The Balaban J connectivity index is 2.24. The Morgan fingerprint density at radius 1 is 1.37 bits per heavy atom. The Hall–Kier alpha value is -1.25. The number of hydrogen-bond acceptors (Lipinski definition) is 5. The molecule has 0 saturated carbocycles. The smallest absolute Gasteiger partial charge is 0.242 e. The van der Waals surface area contributed by atoms with Crippen molar-refractivity contribution < 1.29 is 8.42 Å². The third kappa shape index (κ3) is 3.02. The van der Waals surface area contributed by atoms with Crippen LogP contribution in [-0.2, 0) is 10.0 Å². The van der Waals surface area contributed by atoms with Crippen LogP contribution in [0.3, 0.4) is 0 Å². The average Bonchev–Trinajstić information content (AvgIpc) is 2.84. The molecule has 2 aromatic rings. The van der Waals surface area contributed by atoms with Crippen molar-refractivity contribution in [2.75, 3.05) is 0 Å². The number of aromatic nitrogens is 3. The van der Waals surface area contributed by atoms with Crippen LogP contribution in [0, 0.1) is 20.8 Å². The molecule has 0 spiro atoms. The Morgan fingerprint density at radius 3 is 2.53 bits per heavy atom. The maximum absolute atomic E-state index is 12.3. The maximum atomic E-state index is 12.3. The molecular formula is C11H16N4O2S2. The van der Waals surface area contributed by atoms with E-state index in [0.29, 0.717) is 16.5 Å². The quantitative estimate of drug-likeness (QED) is 0.901. The molecule has 0 amide bonds. The molecule has 104 valence electrons. The highest BCUT2D eigenvalue weighted by molar-refractivity contribution is 7.89. The Morgan fingerprint density at radius 2 is 2.05 bits per heavy atom. The van der Waals surface area contributed by atoms with Crippen LogP contribution >= 0.6 is 11.3 Å². The topological polar surface area (TPSA) is 87.7 Å². The van der Waals surface area contributed by atoms with E-state index in [1.165, 1.54) is 11.3 Å². The molecule has 0 fully saturated rings. The predicted octanol–water partition coefficient (Wildman–Crippen LogP) is 1.83. The SMILES string of the molecule is Cc1nc([C@H](C)NS(=O)(=O)c2cc(C)sc2C)n[nH]1. The summed E-state index contributed by atoms with van der Waals surface area (Å²) in [5.74, 6) is 1.09. The van der Waals surface area contributed by atoms with Gasteiger partial charge < -0.3 is 0 Å².